The number of carbonyl (C=O) groups excluding carboxylic acids is 1. The lowest BCUT2D eigenvalue weighted by Crippen LogP contribution is -2.15. The van der Waals surface area contributed by atoms with Crippen LogP contribution in [0.5, 0.6) is 6.01 Å². The SMILES string of the molecule is COc1ncc([C@H](CC(=O)O)CC(=O)CCCCc2nc3c(cc2C2CC2)CCCN3)cn1. The van der Waals surface area contributed by atoms with Crippen molar-refractivity contribution in [2.45, 2.75) is 76.0 Å². The van der Waals surface area contributed by atoms with E-state index in [2.05, 4.69) is 21.4 Å². The van der Waals surface area contributed by atoms with E-state index in [4.69, 9.17) is 9.72 Å². The van der Waals surface area contributed by atoms with Gasteiger partial charge in [0.1, 0.15) is 11.6 Å². The quantitative estimate of drug-likeness (QED) is 0.464. The van der Waals surface area contributed by atoms with Crippen LogP contribution in [0.4, 0.5) is 5.82 Å². The summed E-state index contributed by atoms with van der Waals surface area (Å²) in [5.74, 6) is 0.387. The number of carbonyl (C=O) groups is 2. The number of aryl methyl sites for hydroxylation is 2. The molecule has 8 heteroatoms. The van der Waals surface area contributed by atoms with Crippen LogP contribution in [-0.4, -0.2) is 45.5 Å². The Morgan fingerprint density at radius 2 is 2.00 bits per heavy atom. The molecule has 1 saturated carbocycles. The Hall–Kier alpha value is -3.03. The van der Waals surface area contributed by atoms with Gasteiger partial charge < -0.3 is 15.2 Å². The lowest BCUT2D eigenvalue weighted by molar-refractivity contribution is -0.137. The predicted octanol–water partition coefficient (Wildman–Crippen LogP) is 4.05. The van der Waals surface area contributed by atoms with Gasteiger partial charge in [-0.15, -0.1) is 0 Å². The molecular formula is C25H32N4O4. The zero-order valence-electron chi connectivity index (χ0n) is 19.2. The number of nitrogens with one attached hydrogen (secondary N) is 1. The molecule has 2 aromatic rings. The topological polar surface area (TPSA) is 114 Å². The average Bonchev–Trinajstić information content (AvgIpc) is 3.66. The summed E-state index contributed by atoms with van der Waals surface area (Å²) in [4.78, 5) is 37.0. The van der Waals surface area contributed by atoms with E-state index >= 15 is 0 Å². The van der Waals surface area contributed by atoms with Crippen molar-refractivity contribution < 1.29 is 19.4 Å². The van der Waals surface area contributed by atoms with Crippen LogP contribution >= 0.6 is 0 Å². The molecule has 8 nitrogen and oxygen atoms in total. The van der Waals surface area contributed by atoms with Crippen molar-refractivity contribution in [3.05, 3.63) is 40.8 Å². The number of carboxylic acids is 1. The Bertz CT molecular complexity index is 989. The lowest BCUT2D eigenvalue weighted by Gasteiger charge is -2.20. The van der Waals surface area contributed by atoms with Crippen LogP contribution < -0.4 is 10.1 Å². The molecule has 176 valence electrons. The van der Waals surface area contributed by atoms with Crippen LogP contribution in [0.25, 0.3) is 0 Å². The van der Waals surface area contributed by atoms with Crippen LogP contribution in [0.1, 0.15) is 85.6 Å². The molecule has 0 radical (unpaired) electrons. The third kappa shape index (κ3) is 6.27. The molecule has 2 aromatic heterocycles. The molecule has 1 atom stereocenters. The number of methoxy groups -OCH3 is 1. The van der Waals surface area contributed by atoms with Crippen LogP contribution in [0, 0.1) is 0 Å². The Labute approximate surface area is 194 Å². The van der Waals surface area contributed by atoms with Crippen LogP contribution in [0.15, 0.2) is 18.5 Å². The number of hydrogen-bond donors (Lipinski definition) is 2. The molecule has 2 aliphatic rings. The molecule has 0 spiro atoms. The monoisotopic (exact) mass is 452 g/mol. The predicted molar refractivity (Wildman–Crippen MR) is 124 cm³/mol. The zero-order valence-corrected chi connectivity index (χ0v) is 19.2. The minimum atomic E-state index is -0.941. The first-order chi connectivity index (χ1) is 16.0. The number of aliphatic carboxylic acids is 1. The van der Waals surface area contributed by atoms with Crippen LogP contribution in [-0.2, 0) is 22.4 Å². The molecule has 0 amide bonds. The van der Waals surface area contributed by atoms with E-state index in [0.717, 1.165) is 44.5 Å². The van der Waals surface area contributed by atoms with Crippen molar-refractivity contribution in [3.8, 4) is 6.01 Å². The first kappa shape index (κ1) is 23.1. The van der Waals surface area contributed by atoms with E-state index in [0.29, 0.717) is 17.9 Å². The lowest BCUT2D eigenvalue weighted by atomic mass is 9.91. The Balaban J connectivity index is 1.30. The smallest absolute Gasteiger partial charge is 0.316 e. The number of pyridine rings is 1. The molecular weight excluding hydrogens is 420 g/mol. The Kier molecular flexibility index (Phi) is 7.52. The third-order valence-electron chi connectivity index (χ3n) is 6.46. The Morgan fingerprint density at radius 1 is 1.21 bits per heavy atom. The minimum absolute atomic E-state index is 0.0690. The van der Waals surface area contributed by atoms with E-state index in [1.807, 2.05) is 0 Å². The van der Waals surface area contributed by atoms with Gasteiger partial charge in [-0.05, 0) is 67.6 Å². The van der Waals surface area contributed by atoms with E-state index in [-0.39, 0.29) is 24.6 Å². The second-order valence-electron chi connectivity index (χ2n) is 9.08. The van der Waals surface area contributed by atoms with Crippen LogP contribution in [0.2, 0.25) is 0 Å². The number of hydrogen-bond acceptors (Lipinski definition) is 7. The van der Waals surface area contributed by atoms with Gasteiger partial charge in [0.15, 0.2) is 0 Å². The molecule has 3 heterocycles. The minimum Gasteiger partial charge on any atom is -0.481 e. The number of unbranched alkanes of at least 4 members (excludes halogenated alkanes) is 1. The summed E-state index contributed by atoms with van der Waals surface area (Å²) in [7, 11) is 1.47. The van der Waals surface area contributed by atoms with Gasteiger partial charge in [-0.3, -0.25) is 9.59 Å². The number of anilines is 1. The summed E-state index contributed by atoms with van der Waals surface area (Å²) < 4.78 is 4.96. The van der Waals surface area contributed by atoms with Crippen LogP contribution in [0.3, 0.4) is 0 Å². The maximum atomic E-state index is 12.6. The molecule has 1 aliphatic heterocycles. The standard InChI is InChI=1S/C25H32N4O4/c1-33-25-27-14-19(15-28-25)18(13-23(31)32)11-20(30)6-2-3-7-22-21(16-8-9-16)12-17-5-4-10-26-24(17)29-22/h12,14-16,18H,2-11,13H2,1H3,(H,26,29)(H,31,32)/t18-/m0/s1. The normalized spacial score (nSPS) is 15.9. The van der Waals surface area contributed by atoms with Crippen molar-refractivity contribution in [1.29, 1.82) is 0 Å². The summed E-state index contributed by atoms with van der Waals surface area (Å²) in [5, 5.41) is 12.7. The molecule has 4 rings (SSSR count). The van der Waals surface area contributed by atoms with Gasteiger partial charge >= 0.3 is 12.0 Å². The molecule has 0 unspecified atom stereocenters. The summed E-state index contributed by atoms with van der Waals surface area (Å²) in [6.07, 6.45) is 10.9. The number of nitrogens with zero attached hydrogens (tertiary/aromatic N) is 3. The number of rotatable bonds is 12. The first-order valence-corrected chi connectivity index (χ1v) is 11.9. The average molecular weight is 453 g/mol. The summed E-state index contributed by atoms with van der Waals surface area (Å²) in [6.45, 7) is 0.980. The van der Waals surface area contributed by atoms with E-state index in [1.54, 1.807) is 12.4 Å². The summed E-state index contributed by atoms with van der Waals surface area (Å²) >= 11 is 0. The highest BCUT2D eigenvalue weighted by molar-refractivity contribution is 5.80. The zero-order chi connectivity index (χ0) is 23.2. The van der Waals surface area contributed by atoms with Gasteiger partial charge in [-0.25, -0.2) is 15.0 Å². The maximum Gasteiger partial charge on any atom is 0.316 e. The molecule has 1 aliphatic carbocycles. The second-order valence-corrected chi connectivity index (χ2v) is 9.08. The number of aromatic nitrogens is 3. The van der Waals surface area contributed by atoms with Gasteiger partial charge in [-0.1, -0.05) is 6.07 Å². The second kappa shape index (κ2) is 10.7. The van der Waals surface area contributed by atoms with Gasteiger partial charge in [0, 0.05) is 43.4 Å². The molecule has 0 bridgehead atoms. The van der Waals surface area contributed by atoms with Crippen molar-refractivity contribution in [1.82, 2.24) is 15.0 Å². The number of carboxylic acid groups (broad SMARTS) is 1. The van der Waals surface area contributed by atoms with Gasteiger partial charge in [0.2, 0.25) is 0 Å². The fraction of sp³-hybridized carbons (Fsp3) is 0.560. The van der Waals surface area contributed by atoms with Gasteiger partial charge in [0.05, 0.1) is 13.5 Å². The van der Waals surface area contributed by atoms with Crippen molar-refractivity contribution in [2.24, 2.45) is 0 Å². The maximum absolute atomic E-state index is 12.6. The van der Waals surface area contributed by atoms with Gasteiger partial charge in [0.25, 0.3) is 0 Å². The van der Waals surface area contributed by atoms with E-state index < -0.39 is 11.9 Å². The van der Waals surface area contributed by atoms with Crippen molar-refractivity contribution in [3.63, 3.8) is 0 Å². The third-order valence-corrected chi connectivity index (χ3v) is 6.46. The molecule has 1 fully saturated rings. The highest BCUT2D eigenvalue weighted by atomic mass is 16.5. The largest absolute Gasteiger partial charge is 0.481 e. The number of ketones is 1. The summed E-state index contributed by atoms with van der Waals surface area (Å²) in [6, 6.07) is 2.58. The molecule has 0 aromatic carbocycles. The molecule has 2 N–H and O–H groups in total. The fourth-order valence-electron chi connectivity index (χ4n) is 4.54. The number of ether oxygens (including phenoxy) is 1. The highest BCUT2D eigenvalue weighted by Gasteiger charge is 2.28. The first-order valence-electron chi connectivity index (χ1n) is 11.9. The highest BCUT2D eigenvalue weighted by Crippen LogP contribution is 2.43. The number of Topliss-reactive ketones (excluding diaryl/α,β-unsaturated/α-hetero) is 1. The van der Waals surface area contributed by atoms with E-state index in [1.165, 1.54) is 36.8 Å². The molecule has 33 heavy (non-hydrogen) atoms. The number of fused-ring (bicyclic) bond motifs is 1. The van der Waals surface area contributed by atoms with Crippen molar-refractivity contribution >= 4 is 17.6 Å². The molecule has 0 saturated heterocycles. The van der Waals surface area contributed by atoms with Crippen molar-refractivity contribution in [2.75, 3.05) is 19.0 Å². The van der Waals surface area contributed by atoms with Gasteiger partial charge in [-0.2, -0.15) is 0 Å². The Morgan fingerprint density at radius 3 is 2.70 bits per heavy atom. The van der Waals surface area contributed by atoms with E-state index in [9.17, 15) is 14.7 Å². The summed E-state index contributed by atoms with van der Waals surface area (Å²) in [5.41, 5.74) is 4.57. The fourth-order valence-corrected chi connectivity index (χ4v) is 4.54.